The Morgan fingerprint density at radius 2 is 1.79 bits per heavy atom. The molecule has 0 unspecified atom stereocenters. The number of fused-ring (bicyclic) bond motifs is 1. The van der Waals surface area contributed by atoms with Crippen LogP contribution in [-0.2, 0) is 21.2 Å². The molecule has 1 saturated heterocycles. The highest BCUT2D eigenvalue weighted by molar-refractivity contribution is 7.89. The number of hydrogen-bond donors (Lipinski definition) is 1. The van der Waals surface area contributed by atoms with Crippen molar-refractivity contribution in [1.82, 2.24) is 18.6 Å². The van der Waals surface area contributed by atoms with Gasteiger partial charge in [0.2, 0.25) is 15.9 Å². The predicted molar refractivity (Wildman–Crippen MR) is 110 cm³/mol. The predicted octanol–water partition coefficient (Wildman–Crippen LogP) is 1.02. The second-order valence-corrected chi connectivity index (χ2v) is 8.83. The van der Waals surface area contributed by atoms with E-state index < -0.39 is 10.0 Å². The number of pyridine rings is 1. The Hall–Kier alpha value is -2.63. The zero-order valence-electron chi connectivity index (χ0n) is 15.6. The molecule has 9 nitrogen and oxygen atoms in total. The summed E-state index contributed by atoms with van der Waals surface area (Å²) < 4.78 is 32.3. The maximum absolute atomic E-state index is 12.7. The summed E-state index contributed by atoms with van der Waals surface area (Å²) in [6, 6.07) is 7.28. The number of amides is 1. The van der Waals surface area contributed by atoms with E-state index in [-0.39, 0.29) is 29.2 Å². The molecule has 1 aliphatic heterocycles. The van der Waals surface area contributed by atoms with Gasteiger partial charge in [0.1, 0.15) is 15.9 Å². The molecule has 0 atom stereocenters. The first kappa shape index (κ1) is 19.7. The summed E-state index contributed by atoms with van der Waals surface area (Å²) in [4.78, 5) is 20.7. The minimum absolute atomic E-state index is 0.00347. The molecule has 152 valence electrons. The first-order valence-corrected chi connectivity index (χ1v) is 11.4. The highest BCUT2D eigenvalue weighted by atomic mass is 32.2. The largest absolute Gasteiger partial charge is 0.368 e. The number of rotatable bonds is 5. The van der Waals surface area contributed by atoms with E-state index in [1.807, 2.05) is 17.0 Å². The number of aromatic nitrogens is 3. The molecule has 1 fully saturated rings. The normalized spacial score (nSPS) is 15.1. The maximum atomic E-state index is 12.7. The van der Waals surface area contributed by atoms with Gasteiger partial charge in [-0.2, -0.15) is 8.75 Å². The number of benzene rings is 1. The van der Waals surface area contributed by atoms with Gasteiger partial charge in [-0.3, -0.25) is 9.78 Å². The summed E-state index contributed by atoms with van der Waals surface area (Å²) in [5.41, 5.74) is 2.35. The number of sulfonamides is 1. The lowest BCUT2D eigenvalue weighted by Gasteiger charge is -2.36. The molecule has 0 bridgehead atoms. The van der Waals surface area contributed by atoms with Gasteiger partial charge in [0, 0.05) is 50.7 Å². The van der Waals surface area contributed by atoms with E-state index in [1.165, 1.54) is 0 Å². The molecule has 0 spiro atoms. The number of carbonyl (C=O) groups is 1. The van der Waals surface area contributed by atoms with E-state index in [9.17, 15) is 13.2 Å². The van der Waals surface area contributed by atoms with E-state index in [4.69, 9.17) is 5.14 Å². The molecule has 3 heterocycles. The third-order valence-corrected chi connectivity index (χ3v) is 6.58. The highest BCUT2D eigenvalue weighted by Gasteiger charge is 2.24. The molecule has 2 aromatic heterocycles. The van der Waals surface area contributed by atoms with Gasteiger partial charge in [-0.15, -0.1) is 0 Å². The molecule has 1 aromatic carbocycles. The first-order chi connectivity index (χ1) is 13.9. The van der Waals surface area contributed by atoms with Gasteiger partial charge in [0.15, 0.2) is 0 Å². The average Bonchev–Trinajstić information content (AvgIpc) is 3.20. The smallest absolute Gasteiger partial charge is 0.240 e. The number of carbonyl (C=O) groups excluding carboxylic acids is 1. The van der Waals surface area contributed by atoms with Crippen molar-refractivity contribution in [3.63, 3.8) is 0 Å². The van der Waals surface area contributed by atoms with Crippen LogP contribution in [0.3, 0.4) is 0 Å². The molecule has 1 amide bonds. The van der Waals surface area contributed by atoms with Crippen molar-refractivity contribution >= 4 is 44.4 Å². The molecule has 2 N–H and O–H groups in total. The number of hydrogen-bond acceptors (Lipinski definition) is 8. The summed E-state index contributed by atoms with van der Waals surface area (Å²) in [5.74, 6) is -0.00347. The lowest BCUT2D eigenvalue weighted by molar-refractivity contribution is -0.131. The third-order valence-electron chi connectivity index (χ3n) is 5.02. The van der Waals surface area contributed by atoms with Gasteiger partial charge < -0.3 is 9.80 Å². The van der Waals surface area contributed by atoms with Crippen molar-refractivity contribution in [1.29, 1.82) is 0 Å². The van der Waals surface area contributed by atoms with Crippen LogP contribution < -0.4 is 10.0 Å². The van der Waals surface area contributed by atoms with Crippen LogP contribution in [0.4, 0.5) is 5.69 Å². The summed E-state index contributed by atoms with van der Waals surface area (Å²) in [6.07, 6.45) is 4.00. The SMILES string of the molecule is NS(=O)(=O)c1c(CCC(=O)N2CCN(c3ccncc3)CC2)ccc2nsnc12. The number of anilines is 1. The standard InChI is InChI=1S/C18H20N6O3S2/c19-29(26,27)18-13(1-3-15-17(18)22-28-21-15)2-4-16(25)24-11-9-23(10-12-24)14-5-7-20-8-6-14/h1,3,5-8H,2,4,9-12H2,(H2,19,26,27). The first-order valence-electron chi connectivity index (χ1n) is 9.13. The van der Waals surface area contributed by atoms with Crippen LogP contribution >= 0.6 is 11.7 Å². The van der Waals surface area contributed by atoms with E-state index >= 15 is 0 Å². The number of piperazine rings is 1. The Balaban J connectivity index is 1.42. The van der Waals surface area contributed by atoms with Crippen LogP contribution in [-0.4, -0.2) is 59.1 Å². The Bertz CT molecular complexity index is 1120. The second-order valence-electron chi connectivity index (χ2n) is 6.80. The van der Waals surface area contributed by atoms with Gasteiger partial charge in [0.05, 0.1) is 11.7 Å². The maximum Gasteiger partial charge on any atom is 0.240 e. The average molecular weight is 433 g/mol. The molecule has 1 aliphatic rings. The van der Waals surface area contributed by atoms with Gasteiger partial charge >= 0.3 is 0 Å². The fourth-order valence-electron chi connectivity index (χ4n) is 3.55. The van der Waals surface area contributed by atoms with Gasteiger partial charge in [-0.25, -0.2) is 13.6 Å². The summed E-state index contributed by atoms with van der Waals surface area (Å²) in [7, 11) is -3.97. The van der Waals surface area contributed by atoms with Gasteiger partial charge in [0.25, 0.3) is 0 Å². The number of nitrogens with two attached hydrogens (primary N) is 1. The minimum atomic E-state index is -3.97. The zero-order valence-corrected chi connectivity index (χ0v) is 17.2. The van der Waals surface area contributed by atoms with E-state index in [2.05, 4.69) is 18.6 Å². The fraction of sp³-hybridized carbons (Fsp3) is 0.333. The topological polar surface area (TPSA) is 122 Å². The Morgan fingerprint density at radius 1 is 1.07 bits per heavy atom. The molecule has 0 saturated carbocycles. The molecular weight excluding hydrogens is 412 g/mol. The van der Waals surface area contributed by atoms with Crippen LogP contribution in [0.1, 0.15) is 12.0 Å². The Labute approximate surface area is 172 Å². The molecule has 0 radical (unpaired) electrons. The highest BCUT2D eigenvalue weighted by Crippen LogP contribution is 2.26. The van der Waals surface area contributed by atoms with Crippen LogP contribution in [0.25, 0.3) is 11.0 Å². The zero-order chi connectivity index (χ0) is 20.4. The van der Waals surface area contributed by atoms with Crippen LogP contribution in [0.15, 0.2) is 41.6 Å². The monoisotopic (exact) mass is 432 g/mol. The van der Waals surface area contributed by atoms with Gasteiger partial charge in [-0.1, -0.05) is 6.07 Å². The van der Waals surface area contributed by atoms with Crippen molar-refractivity contribution in [2.75, 3.05) is 31.1 Å². The molecular formula is C18H20N6O3S2. The van der Waals surface area contributed by atoms with E-state index in [0.717, 1.165) is 30.5 Å². The van der Waals surface area contributed by atoms with E-state index in [0.29, 0.717) is 24.2 Å². The molecule has 29 heavy (non-hydrogen) atoms. The summed E-state index contributed by atoms with van der Waals surface area (Å²) in [6.45, 7) is 2.74. The minimum Gasteiger partial charge on any atom is -0.368 e. The number of primary sulfonamides is 1. The lowest BCUT2D eigenvalue weighted by atomic mass is 10.1. The van der Waals surface area contributed by atoms with Crippen LogP contribution in [0.5, 0.6) is 0 Å². The Morgan fingerprint density at radius 3 is 2.48 bits per heavy atom. The van der Waals surface area contributed by atoms with Crippen LogP contribution in [0.2, 0.25) is 0 Å². The molecule has 11 heteroatoms. The summed E-state index contributed by atoms with van der Waals surface area (Å²) >= 11 is 0.934. The van der Waals surface area contributed by atoms with Crippen molar-refractivity contribution in [3.8, 4) is 0 Å². The second kappa shape index (κ2) is 8.01. The van der Waals surface area contributed by atoms with Crippen molar-refractivity contribution in [3.05, 3.63) is 42.2 Å². The number of nitrogens with zero attached hydrogens (tertiary/aromatic N) is 5. The Kier molecular flexibility index (Phi) is 5.43. The van der Waals surface area contributed by atoms with Crippen LogP contribution in [0, 0.1) is 0 Å². The van der Waals surface area contributed by atoms with Crippen molar-refractivity contribution < 1.29 is 13.2 Å². The molecule has 0 aliphatic carbocycles. The number of aryl methyl sites for hydroxylation is 1. The van der Waals surface area contributed by atoms with Gasteiger partial charge in [-0.05, 0) is 30.2 Å². The summed E-state index contributed by atoms with van der Waals surface area (Å²) in [5, 5.41) is 5.41. The van der Waals surface area contributed by atoms with Crippen molar-refractivity contribution in [2.24, 2.45) is 5.14 Å². The van der Waals surface area contributed by atoms with E-state index in [1.54, 1.807) is 24.5 Å². The lowest BCUT2D eigenvalue weighted by Crippen LogP contribution is -2.48. The molecule has 4 rings (SSSR count). The third kappa shape index (κ3) is 4.21. The fourth-order valence-corrected chi connectivity index (χ4v) is 5.11. The molecule has 3 aromatic rings. The van der Waals surface area contributed by atoms with Crippen molar-refractivity contribution in [2.45, 2.75) is 17.7 Å². The quantitative estimate of drug-likeness (QED) is 0.638.